The number of aromatic amines is 1. The molecule has 0 fully saturated rings. The molecule has 0 aliphatic rings. The lowest BCUT2D eigenvalue weighted by Crippen LogP contribution is -2.11. The summed E-state index contributed by atoms with van der Waals surface area (Å²) in [5.74, 6) is 0.934. The van der Waals surface area contributed by atoms with Crippen molar-refractivity contribution in [1.29, 1.82) is 0 Å². The molecule has 0 aliphatic carbocycles. The van der Waals surface area contributed by atoms with E-state index in [4.69, 9.17) is 4.99 Å². The van der Waals surface area contributed by atoms with Gasteiger partial charge in [0.2, 0.25) is 0 Å². The fourth-order valence-corrected chi connectivity index (χ4v) is 2.72. The Morgan fingerprint density at radius 3 is 1.91 bits per heavy atom. The Morgan fingerprint density at radius 1 is 0.913 bits per heavy atom. The topological polar surface area (TPSA) is 28.1 Å². The molecule has 2 heteroatoms. The molecule has 1 heterocycles. The van der Waals surface area contributed by atoms with Crippen LogP contribution in [-0.4, -0.2) is 11.2 Å². The number of nitrogens with zero attached hydrogens (tertiary/aromatic N) is 1. The summed E-state index contributed by atoms with van der Waals surface area (Å²) in [6, 6.07) is 10.8. The normalized spacial score (nSPS) is 12.7. The van der Waals surface area contributed by atoms with Gasteiger partial charge in [0, 0.05) is 11.1 Å². The number of nitrogens with one attached hydrogen (secondary N) is 1. The second-order valence-electron chi connectivity index (χ2n) is 7.93. The van der Waals surface area contributed by atoms with Gasteiger partial charge in [-0.15, -0.1) is 0 Å². The first-order valence-corrected chi connectivity index (χ1v) is 8.56. The maximum absolute atomic E-state index is 4.86. The van der Waals surface area contributed by atoms with Crippen LogP contribution in [0.2, 0.25) is 0 Å². The number of H-pyrrole nitrogens is 1. The molecule has 0 unspecified atom stereocenters. The van der Waals surface area contributed by atoms with Crippen molar-refractivity contribution in [3.8, 4) is 0 Å². The molecule has 0 aliphatic heterocycles. The van der Waals surface area contributed by atoms with Crippen LogP contribution in [0.1, 0.15) is 82.8 Å². The fraction of sp³-hybridized carbons (Fsp3) is 0.476. The third-order valence-electron chi connectivity index (χ3n) is 4.19. The molecule has 0 saturated carbocycles. The predicted molar refractivity (Wildman–Crippen MR) is 101 cm³/mol. The molecule has 0 spiro atoms. The van der Waals surface area contributed by atoms with Crippen molar-refractivity contribution in [2.45, 2.75) is 65.7 Å². The molecule has 2 rings (SSSR count). The van der Waals surface area contributed by atoms with E-state index in [0.29, 0.717) is 11.8 Å². The number of hydrogen-bond acceptors (Lipinski definition) is 1. The zero-order valence-corrected chi connectivity index (χ0v) is 15.6. The molecule has 1 N–H and O–H groups in total. The standard InChI is InChI=1S/C21H30N2/c1-14(2)17-9-8-10-18(15(3)4)20(17)22-13-16-11-12-19(23-16)21(5,6)7/h8-15,23H,1-7H3. The highest BCUT2D eigenvalue weighted by atomic mass is 14.8. The van der Waals surface area contributed by atoms with Gasteiger partial charge in [-0.25, -0.2) is 0 Å². The maximum Gasteiger partial charge on any atom is 0.0699 e. The molecule has 0 atom stereocenters. The van der Waals surface area contributed by atoms with E-state index < -0.39 is 0 Å². The molecule has 1 aromatic carbocycles. The number of para-hydroxylation sites is 1. The van der Waals surface area contributed by atoms with Gasteiger partial charge in [0.15, 0.2) is 0 Å². The van der Waals surface area contributed by atoms with E-state index in [1.807, 2.05) is 6.21 Å². The molecule has 0 bridgehead atoms. The van der Waals surface area contributed by atoms with Crippen molar-refractivity contribution >= 4 is 11.9 Å². The van der Waals surface area contributed by atoms with Crippen LogP contribution in [-0.2, 0) is 5.41 Å². The van der Waals surface area contributed by atoms with Gasteiger partial charge in [0.1, 0.15) is 0 Å². The first kappa shape index (κ1) is 17.5. The molecule has 23 heavy (non-hydrogen) atoms. The summed E-state index contributed by atoms with van der Waals surface area (Å²) in [5.41, 5.74) is 6.18. The number of benzene rings is 1. The van der Waals surface area contributed by atoms with Crippen molar-refractivity contribution in [3.63, 3.8) is 0 Å². The number of aromatic nitrogens is 1. The van der Waals surface area contributed by atoms with Gasteiger partial charge in [-0.05, 0) is 35.1 Å². The number of hydrogen-bond donors (Lipinski definition) is 1. The second kappa shape index (κ2) is 6.74. The Balaban J connectivity index is 2.40. The van der Waals surface area contributed by atoms with Crippen molar-refractivity contribution in [2.24, 2.45) is 4.99 Å². The van der Waals surface area contributed by atoms with Gasteiger partial charge in [-0.3, -0.25) is 4.99 Å². The Bertz CT molecular complexity index is 656. The zero-order chi connectivity index (χ0) is 17.2. The highest BCUT2D eigenvalue weighted by Gasteiger charge is 2.15. The van der Waals surface area contributed by atoms with Crippen molar-refractivity contribution in [2.75, 3.05) is 0 Å². The van der Waals surface area contributed by atoms with Crippen LogP contribution >= 0.6 is 0 Å². The lowest BCUT2D eigenvalue weighted by atomic mass is 9.93. The molecule has 2 nitrogen and oxygen atoms in total. The van der Waals surface area contributed by atoms with E-state index in [1.54, 1.807) is 0 Å². The highest BCUT2D eigenvalue weighted by Crippen LogP contribution is 2.34. The molecular weight excluding hydrogens is 280 g/mol. The van der Waals surface area contributed by atoms with Crippen LogP contribution in [0.25, 0.3) is 0 Å². The first-order valence-electron chi connectivity index (χ1n) is 8.56. The summed E-state index contributed by atoms with van der Waals surface area (Å²) in [6.07, 6.45) is 1.96. The first-order chi connectivity index (χ1) is 10.7. The number of rotatable bonds is 4. The van der Waals surface area contributed by atoms with Gasteiger partial charge in [0.05, 0.1) is 17.6 Å². The summed E-state index contributed by atoms with van der Waals surface area (Å²) < 4.78 is 0. The van der Waals surface area contributed by atoms with Gasteiger partial charge in [-0.2, -0.15) is 0 Å². The summed E-state index contributed by atoms with van der Waals surface area (Å²) in [5, 5.41) is 0. The van der Waals surface area contributed by atoms with Gasteiger partial charge < -0.3 is 4.98 Å². The van der Waals surface area contributed by atoms with Crippen LogP contribution in [0, 0.1) is 0 Å². The second-order valence-corrected chi connectivity index (χ2v) is 7.93. The van der Waals surface area contributed by atoms with Gasteiger partial charge in [-0.1, -0.05) is 66.7 Å². The fourth-order valence-electron chi connectivity index (χ4n) is 2.72. The van der Waals surface area contributed by atoms with Crippen molar-refractivity contribution in [3.05, 3.63) is 52.8 Å². The molecular formula is C21H30N2. The van der Waals surface area contributed by atoms with E-state index in [1.165, 1.54) is 16.8 Å². The van der Waals surface area contributed by atoms with E-state index in [-0.39, 0.29) is 5.41 Å². The Kier molecular flexibility index (Phi) is 5.13. The number of aliphatic imine (C=N–C) groups is 1. The lowest BCUT2D eigenvalue weighted by molar-refractivity contribution is 0.572. The maximum atomic E-state index is 4.86. The monoisotopic (exact) mass is 310 g/mol. The summed E-state index contributed by atoms with van der Waals surface area (Å²) in [6.45, 7) is 15.5. The van der Waals surface area contributed by atoms with E-state index in [2.05, 4.69) is 83.8 Å². The zero-order valence-electron chi connectivity index (χ0n) is 15.6. The average molecular weight is 310 g/mol. The van der Waals surface area contributed by atoms with Crippen LogP contribution in [0.4, 0.5) is 5.69 Å². The van der Waals surface area contributed by atoms with Crippen molar-refractivity contribution < 1.29 is 0 Å². The van der Waals surface area contributed by atoms with Gasteiger partial charge in [0.25, 0.3) is 0 Å². The third kappa shape index (κ3) is 4.13. The SMILES string of the molecule is CC(C)c1cccc(C(C)C)c1N=Cc1ccc(C(C)(C)C)[nH]1. The summed E-state index contributed by atoms with van der Waals surface area (Å²) in [4.78, 5) is 8.33. The van der Waals surface area contributed by atoms with Crippen LogP contribution in [0.15, 0.2) is 35.3 Å². The Labute approximate surface area is 141 Å². The van der Waals surface area contributed by atoms with Crippen LogP contribution in [0.3, 0.4) is 0 Å². The molecule has 0 radical (unpaired) electrons. The Hall–Kier alpha value is -1.83. The Morgan fingerprint density at radius 2 is 1.48 bits per heavy atom. The molecule has 0 amide bonds. The largest absolute Gasteiger partial charge is 0.357 e. The average Bonchev–Trinajstić information content (AvgIpc) is 2.93. The summed E-state index contributed by atoms with van der Waals surface area (Å²) >= 11 is 0. The molecule has 124 valence electrons. The lowest BCUT2D eigenvalue weighted by Gasteiger charge is -2.16. The smallest absolute Gasteiger partial charge is 0.0699 e. The minimum absolute atomic E-state index is 0.130. The quantitative estimate of drug-likeness (QED) is 0.641. The van der Waals surface area contributed by atoms with Crippen molar-refractivity contribution in [1.82, 2.24) is 4.98 Å². The van der Waals surface area contributed by atoms with Crippen LogP contribution < -0.4 is 0 Å². The van der Waals surface area contributed by atoms with Crippen LogP contribution in [0.5, 0.6) is 0 Å². The minimum atomic E-state index is 0.130. The highest BCUT2D eigenvalue weighted by molar-refractivity contribution is 5.81. The van der Waals surface area contributed by atoms with E-state index >= 15 is 0 Å². The van der Waals surface area contributed by atoms with Gasteiger partial charge >= 0.3 is 0 Å². The third-order valence-corrected chi connectivity index (χ3v) is 4.19. The molecule has 0 saturated heterocycles. The van der Waals surface area contributed by atoms with E-state index in [9.17, 15) is 0 Å². The summed E-state index contributed by atoms with van der Waals surface area (Å²) in [7, 11) is 0. The predicted octanol–water partition coefficient (Wildman–Crippen LogP) is 6.31. The molecule has 1 aromatic heterocycles. The minimum Gasteiger partial charge on any atom is -0.357 e. The van der Waals surface area contributed by atoms with E-state index in [0.717, 1.165) is 11.4 Å². The molecule has 2 aromatic rings.